The second-order valence-electron chi connectivity index (χ2n) is 8.54. The molecule has 0 radical (unpaired) electrons. The first-order valence-corrected chi connectivity index (χ1v) is 12.1. The molecule has 0 unspecified atom stereocenters. The van der Waals surface area contributed by atoms with Crippen molar-refractivity contribution < 1.29 is 19.1 Å². The molecule has 0 saturated carbocycles. The van der Waals surface area contributed by atoms with Crippen LogP contribution in [-0.4, -0.2) is 95.7 Å². The number of hydrogen-bond donors (Lipinski definition) is 1. The van der Waals surface area contributed by atoms with E-state index in [0.29, 0.717) is 52.9 Å². The van der Waals surface area contributed by atoms with E-state index in [4.69, 9.17) is 9.47 Å². The molecule has 1 atom stereocenters. The number of rotatable bonds is 6. The zero-order valence-corrected chi connectivity index (χ0v) is 21.6. The van der Waals surface area contributed by atoms with Crippen LogP contribution in [0.4, 0.5) is 15.9 Å². The molecule has 12 nitrogen and oxygen atoms in total. The second kappa shape index (κ2) is 10.8. The highest BCUT2D eigenvalue weighted by Crippen LogP contribution is 2.30. The number of urea groups is 1. The summed E-state index contributed by atoms with van der Waals surface area (Å²) in [5.41, 5.74) is 0.545. The largest absolute Gasteiger partial charge is 0.424 e. The molecule has 4 rings (SSSR count). The first-order valence-electron chi connectivity index (χ1n) is 11.3. The molecule has 0 spiro atoms. The number of nitrogens with zero attached hydrogens (tertiary/aromatic N) is 7. The number of benzene rings is 1. The van der Waals surface area contributed by atoms with Crippen molar-refractivity contribution in [3.05, 3.63) is 36.0 Å². The van der Waals surface area contributed by atoms with Gasteiger partial charge in [-0.25, -0.2) is 9.78 Å². The van der Waals surface area contributed by atoms with Crippen molar-refractivity contribution in [2.75, 3.05) is 58.2 Å². The van der Waals surface area contributed by atoms with Gasteiger partial charge >= 0.3 is 12.0 Å². The summed E-state index contributed by atoms with van der Waals surface area (Å²) in [6.45, 7) is 3.77. The number of amides is 3. The number of hydrogen-bond acceptors (Lipinski definition) is 10. The van der Waals surface area contributed by atoms with Crippen LogP contribution in [0.15, 0.2) is 30.5 Å². The van der Waals surface area contributed by atoms with Gasteiger partial charge in [0.15, 0.2) is 11.0 Å². The average Bonchev–Trinajstić information content (AvgIpc) is 3.32. The van der Waals surface area contributed by atoms with Crippen LogP contribution in [0, 0.1) is 0 Å². The Kier molecular flexibility index (Phi) is 7.60. The molecule has 36 heavy (non-hydrogen) atoms. The van der Waals surface area contributed by atoms with Crippen molar-refractivity contribution in [2.24, 2.45) is 0 Å². The maximum atomic E-state index is 12.2. The zero-order valence-electron chi connectivity index (χ0n) is 20.8. The Bertz CT molecular complexity index is 1230. The topological polar surface area (TPSA) is 126 Å². The van der Waals surface area contributed by atoms with Gasteiger partial charge in [0.25, 0.3) is 5.91 Å². The van der Waals surface area contributed by atoms with Crippen molar-refractivity contribution in [2.45, 2.75) is 13.0 Å². The Hall–Kier alpha value is -3.84. The van der Waals surface area contributed by atoms with E-state index in [1.165, 1.54) is 21.1 Å². The van der Waals surface area contributed by atoms with Gasteiger partial charge in [-0.05, 0) is 31.2 Å². The molecule has 2 aromatic heterocycles. The maximum Gasteiger partial charge on any atom is 0.327 e. The number of ether oxygens (including phenoxy) is 2. The molecule has 1 aromatic carbocycles. The standard InChI is InChI=1S/C23H28N8O4S/c1-14-13-34-11-10-31(14)20-25-18(17-12-24-22(36-17)28-23(33)30(4)5)26-21(27-20)35-16-8-6-15(7-9-16)19(32)29(2)3/h6-9,12,14H,10-11,13H2,1-5H3,(H,24,28,33)/t14-/m0/s1. The number of aromatic nitrogens is 4. The molecule has 1 fully saturated rings. The van der Waals surface area contributed by atoms with Gasteiger partial charge in [-0.2, -0.15) is 15.0 Å². The van der Waals surface area contributed by atoms with Gasteiger partial charge in [0, 0.05) is 40.3 Å². The van der Waals surface area contributed by atoms with E-state index in [2.05, 4.69) is 25.3 Å². The number of nitrogens with one attached hydrogen (secondary N) is 1. The highest BCUT2D eigenvalue weighted by atomic mass is 32.1. The minimum Gasteiger partial charge on any atom is -0.424 e. The molecule has 0 bridgehead atoms. The zero-order chi connectivity index (χ0) is 25.8. The molecule has 3 heterocycles. The molecule has 1 saturated heterocycles. The van der Waals surface area contributed by atoms with Gasteiger partial charge in [-0.15, -0.1) is 0 Å². The van der Waals surface area contributed by atoms with E-state index >= 15 is 0 Å². The van der Waals surface area contributed by atoms with Crippen molar-refractivity contribution in [1.82, 2.24) is 29.7 Å². The van der Waals surface area contributed by atoms with Crippen LogP contribution in [0.5, 0.6) is 11.8 Å². The average molecular weight is 513 g/mol. The highest BCUT2D eigenvalue weighted by molar-refractivity contribution is 7.19. The molecular weight excluding hydrogens is 484 g/mol. The lowest BCUT2D eigenvalue weighted by Gasteiger charge is -2.33. The lowest BCUT2D eigenvalue weighted by Crippen LogP contribution is -2.44. The van der Waals surface area contributed by atoms with Crippen molar-refractivity contribution >= 4 is 34.4 Å². The summed E-state index contributed by atoms with van der Waals surface area (Å²) in [6.07, 6.45) is 1.60. The fourth-order valence-corrected chi connectivity index (χ4v) is 4.06. The molecular formula is C23H28N8O4S. The Morgan fingerprint density at radius 3 is 2.53 bits per heavy atom. The number of carbonyl (C=O) groups excluding carboxylic acids is 2. The van der Waals surface area contributed by atoms with Crippen molar-refractivity contribution in [3.8, 4) is 22.5 Å². The Labute approximate surface area is 212 Å². The number of anilines is 2. The van der Waals surface area contributed by atoms with Gasteiger partial charge in [0.1, 0.15) is 5.75 Å². The molecule has 0 aliphatic carbocycles. The quantitative estimate of drug-likeness (QED) is 0.530. The Morgan fingerprint density at radius 1 is 1.11 bits per heavy atom. The predicted octanol–water partition coefficient (Wildman–Crippen LogP) is 2.81. The summed E-state index contributed by atoms with van der Waals surface area (Å²) < 4.78 is 11.5. The van der Waals surface area contributed by atoms with Gasteiger partial charge in [0.2, 0.25) is 5.95 Å². The maximum absolute atomic E-state index is 12.2. The van der Waals surface area contributed by atoms with Gasteiger partial charge < -0.3 is 24.2 Å². The van der Waals surface area contributed by atoms with Crippen LogP contribution in [0.1, 0.15) is 17.3 Å². The third kappa shape index (κ3) is 5.86. The van der Waals surface area contributed by atoms with Gasteiger partial charge in [-0.3, -0.25) is 10.1 Å². The van der Waals surface area contributed by atoms with Crippen LogP contribution >= 0.6 is 11.3 Å². The van der Waals surface area contributed by atoms with E-state index in [0.717, 1.165) is 0 Å². The number of carbonyl (C=O) groups is 2. The van der Waals surface area contributed by atoms with E-state index in [-0.39, 0.29) is 24.0 Å². The van der Waals surface area contributed by atoms with Gasteiger partial charge in [-0.1, -0.05) is 11.3 Å². The monoisotopic (exact) mass is 512 g/mol. The van der Waals surface area contributed by atoms with Crippen LogP contribution in [0.3, 0.4) is 0 Å². The highest BCUT2D eigenvalue weighted by Gasteiger charge is 2.24. The first kappa shape index (κ1) is 25.3. The Morgan fingerprint density at radius 2 is 1.86 bits per heavy atom. The minimum absolute atomic E-state index is 0.0644. The number of thiazole rings is 1. The molecule has 1 aliphatic rings. The Balaban J connectivity index is 1.65. The van der Waals surface area contributed by atoms with E-state index in [1.807, 2.05) is 11.8 Å². The second-order valence-corrected chi connectivity index (χ2v) is 9.57. The number of morpholine rings is 1. The fraction of sp³-hybridized carbons (Fsp3) is 0.391. The summed E-state index contributed by atoms with van der Waals surface area (Å²) in [5, 5.41) is 3.15. The molecule has 3 amide bonds. The summed E-state index contributed by atoms with van der Waals surface area (Å²) in [5.74, 6) is 1.20. The van der Waals surface area contributed by atoms with Crippen molar-refractivity contribution in [3.63, 3.8) is 0 Å². The summed E-state index contributed by atoms with van der Waals surface area (Å²) in [7, 11) is 6.70. The van der Waals surface area contributed by atoms with Crippen LogP contribution in [0.25, 0.3) is 10.7 Å². The van der Waals surface area contributed by atoms with Crippen LogP contribution < -0.4 is 15.0 Å². The predicted molar refractivity (Wildman–Crippen MR) is 136 cm³/mol. The SMILES string of the molecule is C[C@H]1COCCN1c1nc(Oc2ccc(C(=O)N(C)C)cc2)nc(-c2cnc(NC(=O)N(C)C)s2)n1. The normalized spacial score (nSPS) is 15.4. The van der Waals surface area contributed by atoms with Crippen LogP contribution in [0.2, 0.25) is 0 Å². The summed E-state index contributed by atoms with van der Waals surface area (Å²) in [4.78, 5) is 47.8. The third-order valence-corrected chi connectivity index (χ3v) is 6.20. The van der Waals surface area contributed by atoms with E-state index in [1.54, 1.807) is 58.7 Å². The van der Waals surface area contributed by atoms with E-state index < -0.39 is 0 Å². The molecule has 1 aliphatic heterocycles. The van der Waals surface area contributed by atoms with Crippen LogP contribution in [-0.2, 0) is 4.74 Å². The molecule has 13 heteroatoms. The molecule has 1 N–H and O–H groups in total. The van der Waals surface area contributed by atoms with Gasteiger partial charge in [0.05, 0.1) is 30.3 Å². The summed E-state index contributed by atoms with van der Waals surface area (Å²) >= 11 is 1.25. The smallest absolute Gasteiger partial charge is 0.327 e. The first-order chi connectivity index (χ1) is 17.2. The van der Waals surface area contributed by atoms with Crippen molar-refractivity contribution in [1.29, 1.82) is 0 Å². The fourth-order valence-electron chi connectivity index (χ4n) is 3.32. The molecule has 3 aromatic rings. The summed E-state index contributed by atoms with van der Waals surface area (Å²) in [6, 6.07) is 6.65. The molecule has 190 valence electrons. The lowest BCUT2D eigenvalue weighted by atomic mass is 10.2. The minimum atomic E-state index is -0.283. The third-order valence-electron chi connectivity index (χ3n) is 5.29. The van der Waals surface area contributed by atoms with E-state index in [9.17, 15) is 9.59 Å². The lowest BCUT2D eigenvalue weighted by molar-refractivity contribution is 0.0827.